The van der Waals surface area contributed by atoms with Gasteiger partial charge in [-0.15, -0.1) is 0 Å². The molecule has 0 N–H and O–H groups in total. The summed E-state index contributed by atoms with van der Waals surface area (Å²) in [5.74, 6) is -0.0398. The van der Waals surface area contributed by atoms with Crippen molar-refractivity contribution in [3.05, 3.63) is 70.2 Å². The zero-order valence-electron chi connectivity index (χ0n) is 10.3. The van der Waals surface area contributed by atoms with E-state index in [4.69, 9.17) is 4.74 Å². The number of benzene rings is 2. The van der Waals surface area contributed by atoms with Gasteiger partial charge in [-0.1, -0.05) is 64.5 Å². The van der Waals surface area contributed by atoms with E-state index in [2.05, 4.69) is 28.1 Å². The van der Waals surface area contributed by atoms with Gasteiger partial charge in [-0.3, -0.25) is 4.79 Å². The van der Waals surface area contributed by atoms with Crippen LogP contribution >= 0.6 is 15.9 Å². The predicted octanol–water partition coefficient (Wildman–Crippen LogP) is 4.22. The van der Waals surface area contributed by atoms with E-state index in [0.717, 1.165) is 15.6 Å². The summed E-state index contributed by atoms with van der Waals surface area (Å²) >= 11 is 3.53. The largest absolute Gasteiger partial charge is 0.457 e. The van der Waals surface area contributed by atoms with Crippen LogP contribution in [0.1, 0.15) is 29.6 Å². The van der Waals surface area contributed by atoms with Gasteiger partial charge in [0, 0.05) is 16.0 Å². The van der Waals surface area contributed by atoms with Crippen LogP contribution in [-0.2, 0) is 9.53 Å². The first-order chi connectivity index (χ1) is 9.25. The molecule has 3 heteroatoms. The van der Waals surface area contributed by atoms with Crippen molar-refractivity contribution in [2.75, 3.05) is 0 Å². The van der Waals surface area contributed by atoms with Crippen molar-refractivity contribution in [1.29, 1.82) is 0 Å². The van der Waals surface area contributed by atoms with Crippen LogP contribution in [0.3, 0.4) is 0 Å². The van der Waals surface area contributed by atoms with Crippen molar-refractivity contribution in [3.63, 3.8) is 0 Å². The Morgan fingerprint density at radius 3 is 2.42 bits per heavy atom. The molecule has 2 nitrogen and oxygen atoms in total. The van der Waals surface area contributed by atoms with Crippen LogP contribution in [0.2, 0.25) is 0 Å². The quantitative estimate of drug-likeness (QED) is 0.775. The van der Waals surface area contributed by atoms with Crippen LogP contribution in [0.5, 0.6) is 0 Å². The Morgan fingerprint density at radius 1 is 1.00 bits per heavy atom. The highest BCUT2D eigenvalue weighted by molar-refractivity contribution is 9.10. The number of hydrogen-bond acceptors (Lipinski definition) is 2. The molecule has 2 aromatic rings. The number of hydrogen-bond donors (Lipinski definition) is 0. The zero-order chi connectivity index (χ0) is 13.2. The molecule has 0 saturated carbocycles. The van der Waals surface area contributed by atoms with E-state index in [1.54, 1.807) is 0 Å². The van der Waals surface area contributed by atoms with E-state index in [0.29, 0.717) is 6.42 Å². The molecule has 2 atom stereocenters. The summed E-state index contributed by atoms with van der Waals surface area (Å²) in [5, 5.41) is 0. The Hall–Kier alpha value is -1.61. The van der Waals surface area contributed by atoms with Gasteiger partial charge in [0.05, 0.1) is 6.42 Å². The van der Waals surface area contributed by atoms with Crippen LogP contribution in [0.15, 0.2) is 59.1 Å². The van der Waals surface area contributed by atoms with Crippen molar-refractivity contribution >= 4 is 21.9 Å². The first-order valence-corrected chi connectivity index (χ1v) is 7.04. The van der Waals surface area contributed by atoms with Crippen LogP contribution in [-0.4, -0.2) is 5.97 Å². The van der Waals surface area contributed by atoms with Crippen molar-refractivity contribution in [3.8, 4) is 0 Å². The van der Waals surface area contributed by atoms with Gasteiger partial charge < -0.3 is 4.74 Å². The van der Waals surface area contributed by atoms with Gasteiger partial charge in [-0.2, -0.15) is 0 Å². The van der Waals surface area contributed by atoms with Gasteiger partial charge in [0.2, 0.25) is 0 Å². The number of ether oxygens (including phenoxy) is 1. The Labute approximate surface area is 120 Å². The van der Waals surface area contributed by atoms with Crippen molar-refractivity contribution in [1.82, 2.24) is 0 Å². The average Bonchev–Trinajstić information content (AvgIpc) is 2.82. The van der Waals surface area contributed by atoms with Crippen molar-refractivity contribution < 1.29 is 9.53 Å². The molecule has 0 bridgehead atoms. The SMILES string of the molecule is O=C1C[C@H](c2ccccc2)[C@H](c2ccccc2Br)O1. The summed E-state index contributed by atoms with van der Waals surface area (Å²) in [4.78, 5) is 11.7. The second-order valence-electron chi connectivity index (χ2n) is 4.65. The molecule has 0 amide bonds. The number of esters is 1. The van der Waals surface area contributed by atoms with E-state index in [9.17, 15) is 4.79 Å². The number of carbonyl (C=O) groups is 1. The van der Waals surface area contributed by atoms with Gasteiger partial charge in [-0.05, 0) is 11.6 Å². The maximum atomic E-state index is 11.7. The molecule has 0 aromatic heterocycles. The third-order valence-corrected chi connectivity index (χ3v) is 4.17. The molecule has 1 aliphatic heterocycles. The van der Waals surface area contributed by atoms with Gasteiger partial charge >= 0.3 is 5.97 Å². The first-order valence-electron chi connectivity index (χ1n) is 6.24. The smallest absolute Gasteiger partial charge is 0.307 e. The lowest BCUT2D eigenvalue weighted by Crippen LogP contribution is -2.06. The maximum absolute atomic E-state index is 11.7. The Morgan fingerprint density at radius 2 is 1.68 bits per heavy atom. The second kappa shape index (κ2) is 5.17. The molecule has 1 saturated heterocycles. The molecule has 1 aliphatic rings. The first kappa shape index (κ1) is 12.4. The molecule has 96 valence electrons. The van der Waals surface area contributed by atoms with E-state index in [1.165, 1.54) is 0 Å². The molecule has 0 aliphatic carbocycles. The minimum atomic E-state index is -0.203. The van der Waals surface area contributed by atoms with Crippen LogP contribution in [0, 0.1) is 0 Å². The summed E-state index contributed by atoms with van der Waals surface area (Å²) in [6.45, 7) is 0. The molecule has 0 spiro atoms. The summed E-state index contributed by atoms with van der Waals surface area (Å²) in [5.41, 5.74) is 2.18. The fourth-order valence-electron chi connectivity index (χ4n) is 2.54. The minimum Gasteiger partial charge on any atom is -0.457 e. The lowest BCUT2D eigenvalue weighted by Gasteiger charge is -2.19. The highest BCUT2D eigenvalue weighted by Gasteiger charge is 2.37. The lowest BCUT2D eigenvalue weighted by atomic mass is 9.89. The number of carbonyl (C=O) groups excluding carboxylic acids is 1. The molecule has 2 aromatic carbocycles. The van der Waals surface area contributed by atoms with Gasteiger partial charge in [0.25, 0.3) is 0 Å². The topological polar surface area (TPSA) is 26.3 Å². The Kier molecular flexibility index (Phi) is 3.38. The standard InChI is InChI=1S/C16H13BrO2/c17-14-9-5-4-8-12(14)16-13(10-15(18)19-16)11-6-2-1-3-7-11/h1-9,13,16H,10H2/t13-,16+/m1/s1. The fourth-order valence-corrected chi connectivity index (χ4v) is 3.05. The Balaban J connectivity index is 2.00. The fraction of sp³-hybridized carbons (Fsp3) is 0.188. The van der Waals surface area contributed by atoms with Crippen LogP contribution in [0.4, 0.5) is 0 Å². The number of cyclic esters (lactones) is 1. The summed E-state index contributed by atoms with van der Waals surface area (Å²) in [6, 6.07) is 18.0. The maximum Gasteiger partial charge on any atom is 0.307 e. The van der Waals surface area contributed by atoms with Crippen LogP contribution < -0.4 is 0 Å². The molecule has 3 rings (SSSR count). The average molecular weight is 317 g/mol. The monoisotopic (exact) mass is 316 g/mol. The van der Waals surface area contributed by atoms with Crippen molar-refractivity contribution in [2.45, 2.75) is 18.4 Å². The van der Waals surface area contributed by atoms with Crippen LogP contribution in [0.25, 0.3) is 0 Å². The lowest BCUT2D eigenvalue weighted by molar-refractivity contribution is -0.141. The normalized spacial score (nSPS) is 22.3. The summed E-state index contributed by atoms with van der Waals surface area (Å²) < 4.78 is 6.51. The van der Waals surface area contributed by atoms with E-state index in [-0.39, 0.29) is 18.0 Å². The summed E-state index contributed by atoms with van der Waals surface area (Å²) in [7, 11) is 0. The predicted molar refractivity (Wildman–Crippen MR) is 76.8 cm³/mol. The van der Waals surface area contributed by atoms with E-state index < -0.39 is 0 Å². The molecule has 1 fully saturated rings. The molecule has 19 heavy (non-hydrogen) atoms. The third-order valence-electron chi connectivity index (χ3n) is 3.45. The summed E-state index contributed by atoms with van der Waals surface area (Å²) in [6.07, 6.45) is 0.237. The molecular weight excluding hydrogens is 304 g/mol. The number of rotatable bonds is 2. The van der Waals surface area contributed by atoms with Gasteiger partial charge in [0.15, 0.2) is 0 Å². The molecular formula is C16H13BrO2. The highest BCUT2D eigenvalue weighted by Crippen LogP contribution is 2.44. The third kappa shape index (κ3) is 2.43. The van der Waals surface area contributed by atoms with Gasteiger partial charge in [0.1, 0.15) is 6.10 Å². The minimum absolute atomic E-state index is 0.0902. The molecule has 0 radical (unpaired) electrons. The highest BCUT2D eigenvalue weighted by atomic mass is 79.9. The van der Waals surface area contributed by atoms with Gasteiger partial charge in [-0.25, -0.2) is 0 Å². The van der Waals surface area contributed by atoms with Crippen molar-refractivity contribution in [2.24, 2.45) is 0 Å². The van der Waals surface area contributed by atoms with E-state index >= 15 is 0 Å². The van der Waals surface area contributed by atoms with E-state index in [1.807, 2.05) is 42.5 Å². The Bertz CT molecular complexity index is 595. The molecule has 1 heterocycles. The number of halogens is 1. The molecule has 0 unspecified atom stereocenters. The zero-order valence-corrected chi connectivity index (χ0v) is 11.8. The second-order valence-corrected chi connectivity index (χ2v) is 5.51.